The zero-order chi connectivity index (χ0) is 27.7. The van der Waals surface area contributed by atoms with E-state index in [0.29, 0.717) is 41.2 Å². The quantitative estimate of drug-likeness (QED) is 0.268. The Morgan fingerprint density at radius 1 is 1.21 bits per heavy atom. The number of nitrogens with zero attached hydrogens (tertiary/aromatic N) is 3. The first kappa shape index (κ1) is 26.4. The van der Waals surface area contributed by atoms with Crippen molar-refractivity contribution in [3.8, 4) is 17.5 Å². The number of hydrogen-bond donors (Lipinski definition) is 1. The summed E-state index contributed by atoms with van der Waals surface area (Å²) in [6, 6.07) is 20.4. The van der Waals surface area contributed by atoms with Crippen LogP contribution in [0.5, 0.6) is 0 Å². The fourth-order valence-electron chi connectivity index (χ4n) is 4.63. The van der Waals surface area contributed by atoms with Gasteiger partial charge in [0.25, 0.3) is 5.91 Å². The van der Waals surface area contributed by atoms with E-state index in [0.717, 1.165) is 21.2 Å². The molecule has 1 unspecified atom stereocenters. The number of nitriles is 1. The first-order valence-electron chi connectivity index (χ1n) is 12.6. The van der Waals surface area contributed by atoms with Crippen LogP contribution < -0.4 is 5.32 Å². The summed E-state index contributed by atoms with van der Waals surface area (Å²) >= 11 is 3.51. The van der Waals surface area contributed by atoms with E-state index in [2.05, 4.69) is 32.3 Å². The zero-order valence-electron chi connectivity index (χ0n) is 21.8. The van der Waals surface area contributed by atoms with E-state index in [-0.39, 0.29) is 18.4 Å². The van der Waals surface area contributed by atoms with Gasteiger partial charge in [0.2, 0.25) is 5.89 Å². The molecular weight excluding hydrogens is 560 g/mol. The topological polar surface area (TPSA) is 108 Å². The maximum Gasteiger partial charge on any atom is 0.410 e. The number of halogens is 1. The highest BCUT2D eigenvalue weighted by Crippen LogP contribution is 2.32. The number of nitrogens with one attached hydrogen (secondary N) is 1. The van der Waals surface area contributed by atoms with E-state index in [4.69, 9.17) is 9.15 Å². The van der Waals surface area contributed by atoms with Crippen molar-refractivity contribution in [2.24, 2.45) is 0 Å². The number of carbonyl (C=O) groups excluding carboxylic acids is 2. The Balaban J connectivity index is 1.25. The van der Waals surface area contributed by atoms with Crippen LogP contribution in [0.15, 0.2) is 69.6 Å². The lowest BCUT2D eigenvalue weighted by Gasteiger charge is -2.22. The molecule has 1 aliphatic rings. The second kappa shape index (κ2) is 10.5. The molecule has 0 bridgehead atoms. The Hall–Kier alpha value is -4.16. The van der Waals surface area contributed by atoms with Crippen LogP contribution in [-0.4, -0.2) is 40.6 Å². The van der Waals surface area contributed by atoms with Crippen LogP contribution in [0.2, 0.25) is 0 Å². The Morgan fingerprint density at radius 2 is 1.95 bits per heavy atom. The van der Waals surface area contributed by atoms with Gasteiger partial charge in [-0.25, -0.2) is 9.78 Å². The molecule has 0 spiro atoms. The van der Waals surface area contributed by atoms with Crippen LogP contribution in [0.3, 0.4) is 0 Å². The molecule has 3 aromatic carbocycles. The van der Waals surface area contributed by atoms with Gasteiger partial charge in [0.05, 0.1) is 31.3 Å². The standard InChI is InChI=1S/C30H27BrN4O4/c1-18(2)23-12-19(14-32)13-25-26(23)38-28(34-25)21-10-8-20(9-11-21)27(36)33-16-30(3)17-35(29(37)39-30)15-22-6-4-5-7-24(22)31/h4-13,18H,15-17H2,1-3H3,(H,33,36). The number of hydrogen-bond acceptors (Lipinski definition) is 6. The van der Waals surface area contributed by atoms with Crippen molar-refractivity contribution in [2.75, 3.05) is 13.1 Å². The number of ether oxygens (including phenoxy) is 1. The molecule has 4 aromatic rings. The molecule has 39 heavy (non-hydrogen) atoms. The maximum atomic E-state index is 12.9. The van der Waals surface area contributed by atoms with Crippen molar-refractivity contribution in [1.82, 2.24) is 15.2 Å². The SMILES string of the molecule is CC(C)c1cc(C#N)cc2nc(-c3ccc(C(=O)NCC4(C)CN(Cc5ccccc5Br)C(=O)O4)cc3)oc12. The van der Waals surface area contributed by atoms with Crippen molar-refractivity contribution >= 4 is 39.0 Å². The molecule has 1 aliphatic heterocycles. The highest BCUT2D eigenvalue weighted by atomic mass is 79.9. The Morgan fingerprint density at radius 3 is 2.64 bits per heavy atom. The second-order valence-corrected chi connectivity index (χ2v) is 11.1. The highest BCUT2D eigenvalue weighted by molar-refractivity contribution is 9.10. The number of amides is 2. The average Bonchev–Trinajstić information content (AvgIpc) is 3.48. The smallest absolute Gasteiger partial charge is 0.410 e. The predicted molar refractivity (Wildman–Crippen MR) is 150 cm³/mol. The maximum absolute atomic E-state index is 12.9. The lowest BCUT2D eigenvalue weighted by molar-refractivity contribution is 0.0651. The van der Waals surface area contributed by atoms with Crippen LogP contribution in [0.4, 0.5) is 4.79 Å². The van der Waals surface area contributed by atoms with Crippen molar-refractivity contribution in [2.45, 2.75) is 38.8 Å². The van der Waals surface area contributed by atoms with Crippen LogP contribution in [0.1, 0.15) is 53.7 Å². The molecule has 198 valence electrons. The van der Waals surface area contributed by atoms with Crippen molar-refractivity contribution in [3.63, 3.8) is 0 Å². The van der Waals surface area contributed by atoms with Gasteiger partial charge in [-0.15, -0.1) is 0 Å². The van der Waals surface area contributed by atoms with Crippen LogP contribution in [0, 0.1) is 11.3 Å². The number of cyclic esters (lactones) is 1. The molecule has 0 aliphatic carbocycles. The summed E-state index contributed by atoms with van der Waals surface area (Å²) in [4.78, 5) is 31.6. The van der Waals surface area contributed by atoms with E-state index in [1.54, 1.807) is 35.2 Å². The van der Waals surface area contributed by atoms with E-state index >= 15 is 0 Å². The van der Waals surface area contributed by atoms with Gasteiger partial charge in [-0.3, -0.25) is 9.69 Å². The van der Waals surface area contributed by atoms with Crippen molar-refractivity contribution in [3.05, 3.63) is 87.4 Å². The molecule has 8 nitrogen and oxygen atoms in total. The van der Waals surface area contributed by atoms with Gasteiger partial charge >= 0.3 is 6.09 Å². The summed E-state index contributed by atoms with van der Waals surface area (Å²) in [6.45, 7) is 6.84. The molecule has 2 heterocycles. The molecule has 5 rings (SSSR count). The molecule has 0 radical (unpaired) electrons. The Kier molecular flexibility index (Phi) is 7.15. The average molecular weight is 587 g/mol. The van der Waals surface area contributed by atoms with Gasteiger partial charge < -0.3 is 14.5 Å². The summed E-state index contributed by atoms with van der Waals surface area (Å²) in [6.07, 6.45) is -0.410. The predicted octanol–water partition coefficient (Wildman–Crippen LogP) is 6.39. The van der Waals surface area contributed by atoms with Gasteiger partial charge in [-0.2, -0.15) is 5.26 Å². The molecule has 1 aromatic heterocycles. The number of rotatable bonds is 7. The molecule has 1 N–H and O–H groups in total. The third kappa shape index (κ3) is 5.52. The molecule has 9 heteroatoms. The Labute approximate surface area is 234 Å². The van der Waals surface area contributed by atoms with Gasteiger partial charge in [0, 0.05) is 21.2 Å². The molecule has 2 amide bonds. The number of fused-ring (bicyclic) bond motifs is 1. The molecule has 1 atom stereocenters. The molecule has 1 saturated heterocycles. The van der Waals surface area contributed by atoms with Gasteiger partial charge in [0.15, 0.2) is 5.58 Å². The summed E-state index contributed by atoms with van der Waals surface area (Å²) in [7, 11) is 0. The fraction of sp³-hybridized carbons (Fsp3) is 0.267. The Bertz CT molecular complexity index is 1610. The van der Waals surface area contributed by atoms with E-state index in [1.165, 1.54) is 0 Å². The summed E-state index contributed by atoms with van der Waals surface area (Å²) < 4.78 is 12.6. The van der Waals surface area contributed by atoms with Crippen LogP contribution >= 0.6 is 15.9 Å². The third-order valence-corrected chi connectivity index (χ3v) is 7.50. The second-order valence-electron chi connectivity index (χ2n) is 10.2. The number of oxazole rings is 1. The van der Waals surface area contributed by atoms with E-state index in [1.807, 2.05) is 51.1 Å². The minimum atomic E-state index is -0.845. The summed E-state index contributed by atoms with van der Waals surface area (Å²) in [5.74, 6) is 0.312. The monoisotopic (exact) mass is 586 g/mol. The third-order valence-electron chi connectivity index (χ3n) is 6.72. The van der Waals surface area contributed by atoms with Gasteiger partial charge in [-0.05, 0) is 60.9 Å². The zero-order valence-corrected chi connectivity index (χ0v) is 23.4. The first-order chi connectivity index (χ1) is 18.7. The normalized spacial score (nSPS) is 16.9. The number of benzene rings is 3. The minimum absolute atomic E-state index is 0.168. The lowest BCUT2D eigenvalue weighted by atomic mass is 10.00. The molecular formula is C30H27BrN4O4. The summed E-state index contributed by atoms with van der Waals surface area (Å²) in [5, 5.41) is 12.2. The van der Waals surface area contributed by atoms with Gasteiger partial charge in [-0.1, -0.05) is 48.0 Å². The van der Waals surface area contributed by atoms with Crippen molar-refractivity contribution in [1.29, 1.82) is 5.26 Å². The summed E-state index contributed by atoms with van der Waals surface area (Å²) in [5.41, 5.74) is 4.07. The lowest BCUT2D eigenvalue weighted by Crippen LogP contribution is -2.43. The fourth-order valence-corrected chi connectivity index (χ4v) is 5.04. The first-order valence-corrected chi connectivity index (χ1v) is 13.4. The number of aromatic nitrogens is 1. The molecule has 0 saturated carbocycles. The van der Waals surface area contributed by atoms with Crippen molar-refractivity contribution < 1.29 is 18.7 Å². The number of carbonyl (C=O) groups is 2. The van der Waals surface area contributed by atoms with Gasteiger partial charge in [0.1, 0.15) is 11.1 Å². The van der Waals surface area contributed by atoms with Crippen LogP contribution in [0.25, 0.3) is 22.6 Å². The van der Waals surface area contributed by atoms with Crippen LogP contribution in [-0.2, 0) is 11.3 Å². The highest BCUT2D eigenvalue weighted by Gasteiger charge is 2.41. The largest absolute Gasteiger partial charge is 0.439 e. The van der Waals surface area contributed by atoms with E-state index in [9.17, 15) is 14.9 Å². The minimum Gasteiger partial charge on any atom is -0.439 e. The molecule has 1 fully saturated rings. The van der Waals surface area contributed by atoms with E-state index < -0.39 is 11.7 Å².